The second kappa shape index (κ2) is 3.73. The molecule has 0 fully saturated rings. The Morgan fingerprint density at radius 2 is 1.83 bits per heavy atom. The maximum Gasteiger partial charge on any atom is 0.270 e. The minimum atomic E-state index is -1.86. The highest BCUT2D eigenvalue weighted by Crippen LogP contribution is 2.14. The molecule has 0 saturated heterocycles. The second-order valence-corrected chi connectivity index (χ2v) is 7.37. The minimum Gasteiger partial charge on any atom is -0.542 e. The van der Waals surface area contributed by atoms with Gasteiger partial charge in [-0.3, -0.25) is 0 Å². The van der Waals surface area contributed by atoms with Gasteiger partial charge in [0, 0.05) is 0 Å². The second-order valence-electron chi connectivity index (χ2n) is 3.33. The third-order valence-corrected chi connectivity index (χ3v) is 3.07. The Kier molecular flexibility index (Phi) is 2.89. The Hall–Kier alpha value is -0.803. The summed E-state index contributed by atoms with van der Waals surface area (Å²) in [7, 11) is -1.86. The van der Waals surface area contributed by atoms with Crippen LogP contribution in [0, 0.1) is 0 Å². The van der Waals surface area contributed by atoms with E-state index in [2.05, 4.69) is 0 Å². The van der Waals surface area contributed by atoms with Crippen LogP contribution in [-0.2, 0) is 0 Å². The molecule has 3 heteroatoms. The first-order chi connectivity index (χ1) is 5.64. The van der Waals surface area contributed by atoms with Crippen LogP contribution in [0.15, 0.2) is 30.3 Å². The molecule has 0 aliphatic heterocycles. The molecular formula is C9H14O2Si. The zero-order chi connectivity index (χ0) is 9.03. The summed E-state index contributed by atoms with van der Waals surface area (Å²) >= 11 is 0. The number of aliphatic hydroxyl groups is 1. The SMILES string of the molecule is C[Si](C)(CO)Oc1ccccc1. The highest BCUT2D eigenvalue weighted by Gasteiger charge is 2.22. The van der Waals surface area contributed by atoms with Crippen LogP contribution >= 0.6 is 0 Å². The van der Waals surface area contributed by atoms with Crippen molar-refractivity contribution in [2.45, 2.75) is 13.1 Å². The van der Waals surface area contributed by atoms with Gasteiger partial charge in [0.15, 0.2) is 0 Å². The number of hydrogen-bond acceptors (Lipinski definition) is 2. The molecule has 0 aliphatic rings. The van der Waals surface area contributed by atoms with Crippen molar-refractivity contribution < 1.29 is 9.53 Å². The maximum absolute atomic E-state index is 8.99. The molecule has 0 amide bonds. The third kappa shape index (κ3) is 2.68. The smallest absolute Gasteiger partial charge is 0.270 e. The molecule has 12 heavy (non-hydrogen) atoms. The average molecular weight is 182 g/mol. The van der Waals surface area contributed by atoms with Gasteiger partial charge < -0.3 is 9.53 Å². The molecular weight excluding hydrogens is 168 g/mol. The molecule has 2 nitrogen and oxygen atoms in total. The van der Waals surface area contributed by atoms with Gasteiger partial charge in [-0.05, 0) is 25.2 Å². The first-order valence-electron chi connectivity index (χ1n) is 3.99. The predicted molar refractivity (Wildman–Crippen MR) is 51.6 cm³/mol. The van der Waals surface area contributed by atoms with Gasteiger partial charge in [-0.1, -0.05) is 18.2 Å². The Balaban J connectivity index is 2.64. The molecule has 0 spiro atoms. The van der Waals surface area contributed by atoms with Gasteiger partial charge in [0.1, 0.15) is 5.75 Å². The van der Waals surface area contributed by atoms with E-state index in [0.29, 0.717) is 0 Å². The summed E-state index contributed by atoms with van der Waals surface area (Å²) in [6, 6.07) is 9.61. The number of aliphatic hydroxyl groups excluding tert-OH is 1. The lowest BCUT2D eigenvalue weighted by atomic mass is 10.3. The monoisotopic (exact) mass is 182 g/mol. The van der Waals surface area contributed by atoms with Crippen LogP contribution in [-0.4, -0.2) is 19.7 Å². The lowest BCUT2D eigenvalue weighted by Gasteiger charge is -2.21. The lowest BCUT2D eigenvalue weighted by Crippen LogP contribution is -2.39. The van der Waals surface area contributed by atoms with Crippen molar-refractivity contribution in [3.8, 4) is 5.75 Å². The molecule has 1 aromatic rings. The summed E-state index contributed by atoms with van der Waals surface area (Å²) < 4.78 is 5.64. The first kappa shape index (κ1) is 9.29. The van der Waals surface area contributed by atoms with Crippen molar-refractivity contribution in [1.82, 2.24) is 0 Å². The summed E-state index contributed by atoms with van der Waals surface area (Å²) in [5, 5.41) is 8.99. The Morgan fingerprint density at radius 1 is 1.25 bits per heavy atom. The van der Waals surface area contributed by atoms with Gasteiger partial charge in [-0.25, -0.2) is 0 Å². The fraction of sp³-hybridized carbons (Fsp3) is 0.333. The maximum atomic E-state index is 8.99. The number of rotatable bonds is 3. The predicted octanol–water partition coefficient (Wildman–Crippen LogP) is 1.80. The molecule has 1 N–H and O–H groups in total. The van der Waals surface area contributed by atoms with Crippen molar-refractivity contribution in [2.75, 3.05) is 6.23 Å². The summed E-state index contributed by atoms with van der Waals surface area (Å²) in [6.07, 6.45) is 0.155. The zero-order valence-corrected chi connectivity index (χ0v) is 8.45. The van der Waals surface area contributed by atoms with Gasteiger partial charge in [0.05, 0.1) is 6.23 Å². The van der Waals surface area contributed by atoms with E-state index in [9.17, 15) is 0 Å². The molecule has 0 radical (unpaired) electrons. The summed E-state index contributed by atoms with van der Waals surface area (Å²) in [5.41, 5.74) is 0. The van der Waals surface area contributed by atoms with Crippen molar-refractivity contribution in [2.24, 2.45) is 0 Å². The fourth-order valence-electron chi connectivity index (χ4n) is 0.840. The molecule has 0 aliphatic carbocycles. The first-order valence-corrected chi connectivity index (χ1v) is 7.10. The van der Waals surface area contributed by atoms with Crippen molar-refractivity contribution in [3.05, 3.63) is 30.3 Å². The van der Waals surface area contributed by atoms with Gasteiger partial charge in [-0.15, -0.1) is 0 Å². The van der Waals surface area contributed by atoms with Crippen LogP contribution in [0.25, 0.3) is 0 Å². The summed E-state index contributed by atoms with van der Waals surface area (Å²) in [4.78, 5) is 0. The van der Waals surface area contributed by atoms with Gasteiger partial charge in [0.2, 0.25) is 0 Å². The third-order valence-electron chi connectivity index (χ3n) is 1.52. The van der Waals surface area contributed by atoms with Crippen molar-refractivity contribution >= 4 is 8.32 Å². The highest BCUT2D eigenvalue weighted by atomic mass is 28.4. The van der Waals surface area contributed by atoms with Crippen molar-refractivity contribution in [3.63, 3.8) is 0 Å². The summed E-state index contributed by atoms with van der Waals surface area (Å²) in [6.45, 7) is 3.97. The van der Waals surface area contributed by atoms with Crippen LogP contribution in [0.1, 0.15) is 0 Å². The zero-order valence-electron chi connectivity index (χ0n) is 7.45. The van der Waals surface area contributed by atoms with Gasteiger partial charge in [-0.2, -0.15) is 0 Å². The fourth-order valence-corrected chi connectivity index (χ4v) is 1.68. The topological polar surface area (TPSA) is 29.5 Å². The van der Waals surface area contributed by atoms with Crippen LogP contribution in [0.5, 0.6) is 5.75 Å². The van der Waals surface area contributed by atoms with Crippen LogP contribution in [0.3, 0.4) is 0 Å². The number of para-hydroxylation sites is 1. The molecule has 0 unspecified atom stereocenters. The molecule has 0 heterocycles. The van der Waals surface area contributed by atoms with Crippen LogP contribution in [0.4, 0.5) is 0 Å². The molecule has 0 aromatic heterocycles. The van der Waals surface area contributed by atoms with E-state index in [1.807, 2.05) is 43.4 Å². The molecule has 0 bridgehead atoms. The van der Waals surface area contributed by atoms with E-state index in [0.717, 1.165) is 5.75 Å². The highest BCUT2D eigenvalue weighted by molar-refractivity contribution is 6.71. The van der Waals surface area contributed by atoms with Crippen LogP contribution in [0.2, 0.25) is 13.1 Å². The molecule has 1 aromatic carbocycles. The van der Waals surface area contributed by atoms with E-state index < -0.39 is 8.32 Å². The normalized spacial score (nSPS) is 11.2. The van der Waals surface area contributed by atoms with E-state index in [1.165, 1.54) is 0 Å². The summed E-state index contributed by atoms with van der Waals surface area (Å²) in [5.74, 6) is 0.850. The molecule has 1 rings (SSSR count). The van der Waals surface area contributed by atoms with Gasteiger partial charge >= 0.3 is 0 Å². The molecule has 0 atom stereocenters. The standard InChI is InChI=1S/C9H14O2Si/c1-12(2,8-10)11-9-6-4-3-5-7-9/h3-7,10H,8H2,1-2H3. The Morgan fingerprint density at radius 3 is 2.33 bits per heavy atom. The molecule has 0 saturated carbocycles. The largest absolute Gasteiger partial charge is 0.542 e. The average Bonchev–Trinajstić information content (AvgIpc) is 2.06. The van der Waals surface area contributed by atoms with Gasteiger partial charge in [0.25, 0.3) is 8.32 Å². The van der Waals surface area contributed by atoms with Crippen molar-refractivity contribution in [1.29, 1.82) is 0 Å². The Bertz CT molecular complexity index is 234. The van der Waals surface area contributed by atoms with E-state index in [1.54, 1.807) is 0 Å². The number of benzene rings is 1. The van der Waals surface area contributed by atoms with Crippen LogP contribution < -0.4 is 4.43 Å². The van der Waals surface area contributed by atoms with E-state index in [4.69, 9.17) is 9.53 Å². The number of hydrogen-bond donors (Lipinski definition) is 1. The quantitative estimate of drug-likeness (QED) is 0.722. The molecule has 66 valence electrons. The minimum absolute atomic E-state index is 0.155. The lowest BCUT2D eigenvalue weighted by molar-refractivity contribution is 0.334. The Labute approximate surface area is 73.9 Å². The van der Waals surface area contributed by atoms with E-state index >= 15 is 0 Å². The van der Waals surface area contributed by atoms with E-state index in [-0.39, 0.29) is 6.23 Å².